The second-order valence-electron chi connectivity index (χ2n) is 6.03. The van der Waals surface area contributed by atoms with Gasteiger partial charge in [-0.25, -0.2) is 5.43 Å². The summed E-state index contributed by atoms with van der Waals surface area (Å²) in [6, 6.07) is 11.2. The van der Waals surface area contributed by atoms with Gasteiger partial charge >= 0.3 is 0 Å². The van der Waals surface area contributed by atoms with Crippen LogP contribution in [0.3, 0.4) is 0 Å². The van der Waals surface area contributed by atoms with E-state index in [2.05, 4.69) is 10.5 Å². The van der Waals surface area contributed by atoms with Gasteiger partial charge in [0, 0.05) is 4.88 Å². The summed E-state index contributed by atoms with van der Waals surface area (Å²) in [5.41, 5.74) is 3.77. The van der Waals surface area contributed by atoms with Crippen LogP contribution in [0.25, 0.3) is 0 Å². The van der Waals surface area contributed by atoms with Crippen molar-refractivity contribution in [1.29, 1.82) is 0 Å². The molecule has 0 spiro atoms. The molecule has 1 N–H and O–H groups in total. The molecule has 3 rings (SSSR count). The van der Waals surface area contributed by atoms with Gasteiger partial charge in [-0.2, -0.15) is 5.10 Å². The van der Waals surface area contributed by atoms with Gasteiger partial charge in [0.05, 0.1) is 18.4 Å². The number of amides is 1. The largest absolute Gasteiger partial charge is 0.490 e. The van der Waals surface area contributed by atoms with Gasteiger partial charge in [0.2, 0.25) is 0 Å². The maximum absolute atomic E-state index is 12.2. The molecule has 1 amide bonds. The van der Waals surface area contributed by atoms with Gasteiger partial charge in [-0.15, -0.1) is 11.3 Å². The Hall–Kier alpha value is -3.06. The fourth-order valence-electron chi connectivity index (χ4n) is 2.62. The van der Waals surface area contributed by atoms with E-state index in [0.717, 1.165) is 10.4 Å². The number of hydrazone groups is 1. The zero-order valence-electron chi connectivity index (χ0n) is 16.0. The number of carbonyl (C=O) groups is 1. The molecule has 146 valence electrons. The van der Waals surface area contributed by atoms with Crippen LogP contribution in [0.5, 0.6) is 11.5 Å². The van der Waals surface area contributed by atoms with Crippen molar-refractivity contribution in [2.75, 3.05) is 6.61 Å². The maximum Gasteiger partial charge on any atom is 0.274 e. The van der Waals surface area contributed by atoms with Gasteiger partial charge in [0.15, 0.2) is 11.5 Å². The Labute approximate surface area is 167 Å². The molecule has 0 atom stereocenters. The Morgan fingerprint density at radius 3 is 2.75 bits per heavy atom. The summed E-state index contributed by atoms with van der Waals surface area (Å²) in [6.07, 6.45) is 1.56. The fourth-order valence-corrected chi connectivity index (χ4v) is 3.23. The lowest BCUT2D eigenvalue weighted by molar-refractivity contribution is 0.0953. The summed E-state index contributed by atoms with van der Waals surface area (Å²) in [4.78, 5) is 13.3. The molecule has 0 unspecified atom stereocenters. The summed E-state index contributed by atoms with van der Waals surface area (Å²) < 4.78 is 16.9. The summed E-state index contributed by atoms with van der Waals surface area (Å²) in [5.74, 6) is 2.24. The molecule has 0 bridgehead atoms. The van der Waals surface area contributed by atoms with Crippen LogP contribution >= 0.6 is 11.3 Å². The van der Waals surface area contributed by atoms with Gasteiger partial charge in [-0.3, -0.25) is 4.79 Å². The van der Waals surface area contributed by atoms with Gasteiger partial charge < -0.3 is 13.9 Å². The number of aryl methyl sites for hydroxylation is 2. The number of thiophene rings is 1. The number of nitrogens with zero attached hydrogens (tertiary/aromatic N) is 1. The second kappa shape index (κ2) is 9.23. The van der Waals surface area contributed by atoms with Crippen LogP contribution in [0.4, 0.5) is 0 Å². The van der Waals surface area contributed by atoms with Crippen LogP contribution in [-0.2, 0) is 6.61 Å². The molecule has 0 radical (unpaired) electrons. The predicted octanol–water partition coefficient (Wildman–Crippen LogP) is 4.70. The number of ether oxygens (including phenoxy) is 2. The van der Waals surface area contributed by atoms with Gasteiger partial charge in [-0.1, -0.05) is 6.07 Å². The monoisotopic (exact) mass is 398 g/mol. The molecular formula is C21H22N2O4S. The number of rotatable bonds is 8. The summed E-state index contributed by atoms with van der Waals surface area (Å²) in [6.45, 7) is 6.47. The highest BCUT2D eigenvalue weighted by molar-refractivity contribution is 7.09. The first kappa shape index (κ1) is 19.7. The Bertz CT molecular complexity index is 961. The average molecular weight is 398 g/mol. The smallest absolute Gasteiger partial charge is 0.274 e. The van der Waals surface area contributed by atoms with E-state index in [0.29, 0.717) is 41.8 Å². The molecule has 2 aromatic heterocycles. The molecular weight excluding hydrogens is 376 g/mol. The Balaban J connectivity index is 1.66. The fraction of sp³-hybridized carbons (Fsp3) is 0.238. The highest BCUT2D eigenvalue weighted by atomic mass is 32.1. The third-order valence-corrected chi connectivity index (χ3v) is 4.73. The van der Waals surface area contributed by atoms with Crippen molar-refractivity contribution in [3.63, 3.8) is 0 Å². The summed E-state index contributed by atoms with van der Waals surface area (Å²) in [5, 5.41) is 6.04. The van der Waals surface area contributed by atoms with Crippen LogP contribution < -0.4 is 14.9 Å². The van der Waals surface area contributed by atoms with Gasteiger partial charge in [0.25, 0.3) is 5.91 Å². The highest BCUT2D eigenvalue weighted by Gasteiger charge is 2.12. The second-order valence-corrected chi connectivity index (χ2v) is 7.07. The molecule has 0 saturated heterocycles. The van der Waals surface area contributed by atoms with E-state index >= 15 is 0 Å². The molecule has 0 aliphatic heterocycles. The molecule has 28 heavy (non-hydrogen) atoms. The number of hydrogen-bond donors (Lipinski definition) is 1. The molecule has 6 nitrogen and oxygen atoms in total. The van der Waals surface area contributed by atoms with Crippen molar-refractivity contribution in [2.45, 2.75) is 27.4 Å². The van der Waals surface area contributed by atoms with Crippen LogP contribution in [0.15, 0.2) is 51.3 Å². The van der Waals surface area contributed by atoms with E-state index in [1.807, 2.05) is 42.6 Å². The molecule has 0 aliphatic rings. The first-order valence-corrected chi connectivity index (χ1v) is 9.77. The van der Waals surface area contributed by atoms with E-state index in [9.17, 15) is 4.79 Å². The SMILES string of the molecule is CCOc1cc(/C=N\NC(=O)c2cc(C)oc2C)ccc1OCc1cccs1. The molecule has 2 heterocycles. The number of carbonyl (C=O) groups excluding carboxylic acids is 1. The molecule has 0 aliphatic carbocycles. The number of benzene rings is 1. The Kier molecular flexibility index (Phi) is 6.49. The van der Waals surface area contributed by atoms with Crippen molar-refractivity contribution < 1.29 is 18.7 Å². The molecule has 3 aromatic rings. The summed E-state index contributed by atoms with van der Waals surface area (Å²) in [7, 11) is 0. The van der Waals surface area contributed by atoms with Crippen LogP contribution in [0, 0.1) is 13.8 Å². The van der Waals surface area contributed by atoms with Crippen LogP contribution in [0.1, 0.15) is 39.2 Å². The molecule has 0 saturated carbocycles. The lowest BCUT2D eigenvalue weighted by Crippen LogP contribution is -2.17. The van der Waals surface area contributed by atoms with Crippen molar-refractivity contribution >= 4 is 23.5 Å². The van der Waals surface area contributed by atoms with Crippen LogP contribution in [0.2, 0.25) is 0 Å². The van der Waals surface area contributed by atoms with Crippen molar-refractivity contribution in [1.82, 2.24) is 5.43 Å². The minimum absolute atomic E-state index is 0.313. The van der Waals surface area contributed by atoms with Gasteiger partial charge in [0.1, 0.15) is 18.1 Å². The zero-order valence-corrected chi connectivity index (χ0v) is 16.8. The first-order valence-electron chi connectivity index (χ1n) is 8.89. The van der Waals surface area contributed by atoms with Gasteiger partial charge in [-0.05, 0) is 62.0 Å². The lowest BCUT2D eigenvalue weighted by atomic mass is 10.2. The average Bonchev–Trinajstić information content (AvgIpc) is 3.30. The minimum Gasteiger partial charge on any atom is -0.490 e. The van der Waals surface area contributed by atoms with Crippen molar-refractivity contribution in [2.24, 2.45) is 5.10 Å². The van der Waals surface area contributed by atoms with E-state index < -0.39 is 0 Å². The lowest BCUT2D eigenvalue weighted by Gasteiger charge is -2.12. The first-order chi connectivity index (χ1) is 13.6. The standard InChI is InChI=1S/C21H22N2O4S/c1-4-25-20-11-16(7-8-19(20)26-13-17-6-5-9-28-17)12-22-23-21(24)18-10-14(2)27-15(18)3/h5-12H,4,13H2,1-3H3,(H,23,24)/b22-12-. The minimum atomic E-state index is -0.313. The number of furan rings is 1. The molecule has 7 heteroatoms. The quantitative estimate of drug-likeness (QED) is 0.441. The Morgan fingerprint density at radius 2 is 2.07 bits per heavy atom. The van der Waals surface area contributed by atoms with E-state index in [-0.39, 0.29) is 5.91 Å². The number of nitrogens with one attached hydrogen (secondary N) is 1. The van der Waals surface area contributed by atoms with Crippen molar-refractivity contribution in [3.05, 3.63) is 69.3 Å². The van der Waals surface area contributed by atoms with E-state index in [4.69, 9.17) is 13.9 Å². The normalized spacial score (nSPS) is 11.0. The van der Waals surface area contributed by atoms with E-state index in [1.165, 1.54) is 0 Å². The maximum atomic E-state index is 12.2. The number of hydrogen-bond acceptors (Lipinski definition) is 6. The van der Waals surface area contributed by atoms with Crippen molar-refractivity contribution in [3.8, 4) is 11.5 Å². The Morgan fingerprint density at radius 1 is 1.21 bits per heavy atom. The molecule has 0 fully saturated rings. The highest BCUT2D eigenvalue weighted by Crippen LogP contribution is 2.29. The third-order valence-electron chi connectivity index (χ3n) is 3.88. The predicted molar refractivity (Wildman–Crippen MR) is 110 cm³/mol. The topological polar surface area (TPSA) is 73.1 Å². The van der Waals surface area contributed by atoms with Crippen LogP contribution in [-0.4, -0.2) is 18.7 Å². The third kappa shape index (κ3) is 5.01. The molecule has 1 aromatic carbocycles. The zero-order chi connectivity index (χ0) is 19.9. The summed E-state index contributed by atoms with van der Waals surface area (Å²) >= 11 is 1.65. The van der Waals surface area contributed by atoms with E-state index in [1.54, 1.807) is 37.5 Å².